The molecule has 1 aromatic heterocycles. The van der Waals surface area contributed by atoms with Crippen molar-refractivity contribution in [2.45, 2.75) is 6.92 Å². The average molecular weight is 291 g/mol. The summed E-state index contributed by atoms with van der Waals surface area (Å²) in [6, 6.07) is 16.1. The summed E-state index contributed by atoms with van der Waals surface area (Å²) in [4.78, 5) is 8.37. The first-order valence-corrected chi connectivity index (χ1v) is 7.05. The van der Waals surface area contributed by atoms with Gasteiger partial charge in [0.1, 0.15) is 5.75 Å². The Morgan fingerprint density at radius 1 is 0.955 bits per heavy atom. The normalized spacial score (nSPS) is 10.3. The van der Waals surface area contributed by atoms with Crippen molar-refractivity contribution in [2.24, 2.45) is 0 Å². The monoisotopic (exact) mass is 291 g/mol. The van der Waals surface area contributed by atoms with Gasteiger partial charge in [-0.2, -0.15) is 0 Å². The predicted octanol–water partition coefficient (Wildman–Crippen LogP) is 4.20. The lowest BCUT2D eigenvalue weighted by Crippen LogP contribution is -1.96. The SMILES string of the molecule is COc1ccc(-c2cc(Nc3ncccn3)ccc2C)cc1. The molecule has 0 amide bonds. The van der Waals surface area contributed by atoms with Gasteiger partial charge >= 0.3 is 0 Å². The van der Waals surface area contributed by atoms with Crippen molar-refractivity contribution in [1.82, 2.24) is 9.97 Å². The zero-order valence-corrected chi connectivity index (χ0v) is 12.6. The number of ether oxygens (including phenoxy) is 1. The molecule has 0 fully saturated rings. The molecule has 1 N–H and O–H groups in total. The van der Waals surface area contributed by atoms with Crippen molar-refractivity contribution in [3.8, 4) is 16.9 Å². The minimum absolute atomic E-state index is 0.590. The maximum Gasteiger partial charge on any atom is 0.227 e. The van der Waals surface area contributed by atoms with E-state index in [9.17, 15) is 0 Å². The second-order valence-electron chi connectivity index (χ2n) is 4.96. The molecule has 0 aliphatic rings. The highest BCUT2D eigenvalue weighted by Crippen LogP contribution is 2.28. The Balaban J connectivity index is 1.92. The molecule has 22 heavy (non-hydrogen) atoms. The molecule has 0 unspecified atom stereocenters. The summed E-state index contributed by atoms with van der Waals surface area (Å²) in [5.41, 5.74) is 4.49. The van der Waals surface area contributed by atoms with E-state index >= 15 is 0 Å². The van der Waals surface area contributed by atoms with Crippen LogP contribution in [0.1, 0.15) is 5.56 Å². The summed E-state index contributed by atoms with van der Waals surface area (Å²) in [5.74, 6) is 1.44. The molecule has 110 valence electrons. The maximum absolute atomic E-state index is 5.21. The van der Waals surface area contributed by atoms with Gasteiger partial charge in [0.2, 0.25) is 5.95 Å². The minimum atomic E-state index is 0.590. The van der Waals surface area contributed by atoms with Gasteiger partial charge in [0.15, 0.2) is 0 Å². The van der Waals surface area contributed by atoms with Crippen LogP contribution in [0.4, 0.5) is 11.6 Å². The molecule has 0 aliphatic carbocycles. The number of aromatic nitrogens is 2. The lowest BCUT2D eigenvalue weighted by atomic mass is 10.00. The first kappa shape index (κ1) is 14.1. The van der Waals surface area contributed by atoms with Crippen LogP contribution in [-0.2, 0) is 0 Å². The first-order valence-electron chi connectivity index (χ1n) is 7.05. The Morgan fingerprint density at radius 2 is 1.68 bits per heavy atom. The van der Waals surface area contributed by atoms with E-state index < -0.39 is 0 Å². The van der Waals surface area contributed by atoms with Gasteiger partial charge in [-0.25, -0.2) is 9.97 Å². The minimum Gasteiger partial charge on any atom is -0.497 e. The number of methoxy groups -OCH3 is 1. The van der Waals surface area contributed by atoms with Crippen LogP contribution in [0.15, 0.2) is 60.9 Å². The van der Waals surface area contributed by atoms with Crippen LogP contribution in [0.25, 0.3) is 11.1 Å². The molecule has 0 saturated heterocycles. The molecular weight excluding hydrogens is 274 g/mol. The topological polar surface area (TPSA) is 47.0 Å². The number of benzene rings is 2. The maximum atomic E-state index is 5.21. The van der Waals surface area contributed by atoms with Crippen molar-refractivity contribution >= 4 is 11.6 Å². The summed E-state index contributed by atoms with van der Waals surface area (Å²) in [6.07, 6.45) is 3.43. The van der Waals surface area contributed by atoms with Crippen LogP contribution in [0.5, 0.6) is 5.75 Å². The molecule has 0 atom stereocenters. The molecule has 3 rings (SSSR count). The number of rotatable bonds is 4. The van der Waals surface area contributed by atoms with Gasteiger partial charge in [-0.1, -0.05) is 18.2 Å². The van der Waals surface area contributed by atoms with E-state index in [0.29, 0.717) is 5.95 Å². The predicted molar refractivity (Wildman–Crippen MR) is 88.5 cm³/mol. The Hall–Kier alpha value is -2.88. The molecular formula is C18H17N3O. The fourth-order valence-corrected chi connectivity index (χ4v) is 2.27. The summed E-state index contributed by atoms with van der Waals surface area (Å²) < 4.78 is 5.21. The van der Waals surface area contributed by atoms with Crippen LogP contribution in [-0.4, -0.2) is 17.1 Å². The number of nitrogens with zero attached hydrogens (tertiary/aromatic N) is 2. The molecule has 0 bridgehead atoms. The van der Waals surface area contributed by atoms with Crippen molar-refractivity contribution in [3.05, 3.63) is 66.5 Å². The second kappa shape index (κ2) is 6.26. The first-order chi connectivity index (χ1) is 10.8. The molecule has 4 heteroatoms. The number of anilines is 2. The van der Waals surface area contributed by atoms with Crippen molar-refractivity contribution < 1.29 is 4.74 Å². The lowest BCUT2D eigenvalue weighted by molar-refractivity contribution is 0.415. The van der Waals surface area contributed by atoms with Crippen molar-refractivity contribution in [3.63, 3.8) is 0 Å². The van der Waals surface area contributed by atoms with Crippen LogP contribution in [0.3, 0.4) is 0 Å². The third-order valence-corrected chi connectivity index (χ3v) is 3.46. The molecule has 1 heterocycles. The average Bonchev–Trinajstić information content (AvgIpc) is 2.58. The number of hydrogen-bond donors (Lipinski definition) is 1. The van der Waals surface area contributed by atoms with E-state index in [1.54, 1.807) is 25.6 Å². The standard InChI is InChI=1S/C18H17N3O/c1-13-4-7-15(21-18-19-10-3-11-20-18)12-17(13)14-5-8-16(22-2)9-6-14/h3-12H,1-2H3,(H,19,20,21). The third kappa shape index (κ3) is 3.06. The van der Waals surface area contributed by atoms with Gasteiger partial charge in [-0.15, -0.1) is 0 Å². The number of nitrogens with one attached hydrogen (secondary N) is 1. The number of aryl methyl sites for hydroxylation is 1. The molecule has 0 radical (unpaired) electrons. The van der Waals surface area contributed by atoms with E-state index in [1.807, 2.05) is 18.2 Å². The van der Waals surface area contributed by atoms with Crippen LogP contribution in [0, 0.1) is 6.92 Å². The van der Waals surface area contributed by atoms with E-state index in [4.69, 9.17) is 4.74 Å². The van der Waals surface area contributed by atoms with Gasteiger partial charge in [-0.3, -0.25) is 0 Å². The fourth-order valence-electron chi connectivity index (χ4n) is 2.27. The van der Waals surface area contributed by atoms with Gasteiger partial charge in [0.05, 0.1) is 7.11 Å². The highest BCUT2D eigenvalue weighted by Gasteiger charge is 2.05. The van der Waals surface area contributed by atoms with E-state index in [-0.39, 0.29) is 0 Å². The third-order valence-electron chi connectivity index (χ3n) is 3.46. The molecule has 2 aromatic carbocycles. The zero-order chi connectivity index (χ0) is 15.4. The van der Waals surface area contributed by atoms with E-state index in [0.717, 1.165) is 17.0 Å². The van der Waals surface area contributed by atoms with Crippen LogP contribution < -0.4 is 10.1 Å². The molecule has 0 saturated carbocycles. The lowest BCUT2D eigenvalue weighted by Gasteiger charge is -2.11. The summed E-state index contributed by atoms with van der Waals surface area (Å²) in [5, 5.41) is 3.22. The Morgan fingerprint density at radius 3 is 2.36 bits per heavy atom. The molecule has 4 nitrogen and oxygen atoms in total. The smallest absolute Gasteiger partial charge is 0.227 e. The van der Waals surface area contributed by atoms with Crippen LogP contribution in [0.2, 0.25) is 0 Å². The van der Waals surface area contributed by atoms with Crippen molar-refractivity contribution in [2.75, 3.05) is 12.4 Å². The van der Waals surface area contributed by atoms with Gasteiger partial charge < -0.3 is 10.1 Å². The van der Waals surface area contributed by atoms with Gasteiger partial charge in [-0.05, 0) is 53.9 Å². The second-order valence-corrected chi connectivity index (χ2v) is 4.96. The van der Waals surface area contributed by atoms with Gasteiger partial charge in [0.25, 0.3) is 0 Å². The van der Waals surface area contributed by atoms with Crippen LogP contribution >= 0.6 is 0 Å². The summed E-state index contributed by atoms with van der Waals surface area (Å²) >= 11 is 0. The Bertz CT molecular complexity index is 755. The summed E-state index contributed by atoms with van der Waals surface area (Å²) in [7, 11) is 1.67. The summed E-state index contributed by atoms with van der Waals surface area (Å²) in [6.45, 7) is 2.10. The zero-order valence-electron chi connectivity index (χ0n) is 12.6. The molecule has 3 aromatic rings. The highest BCUT2D eigenvalue weighted by atomic mass is 16.5. The molecule has 0 aliphatic heterocycles. The van der Waals surface area contributed by atoms with E-state index in [1.165, 1.54) is 11.1 Å². The van der Waals surface area contributed by atoms with Gasteiger partial charge in [0, 0.05) is 18.1 Å². The largest absolute Gasteiger partial charge is 0.497 e. The molecule has 0 spiro atoms. The quantitative estimate of drug-likeness (QED) is 0.782. The Labute approximate surface area is 129 Å². The number of hydrogen-bond acceptors (Lipinski definition) is 4. The van der Waals surface area contributed by atoms with Crippen molar-refractivity contribution in [1.29, 1.82) is 0 Å². The fraction of sp³-hybridized carbons (Fsp3) is 0.111. The highest BCUT2D eigenvalue weighted by molar-refractivity contribution is 5.73. The van der Waals surface area contributed by atoms with E-state index in [2.05, 4.69) is 46.5 Å². The Kier molecular flexibility index (Phi) is 4.01.